The Morgan fingerprint density at radius 3 is 2.42 bits per heavy atom. The highest BCUT2D eigenvalue weighted by Gasteiger charge is 2.04. The second kappa shape index (κ2) is 7.95. The van der Waals surface area contributed by atoms with Gasteiger partial charge in [-0.3, -0.25) is 4.79 Å². The van der Waals surface area contributed by atoms with Crippen molar-refractivity contribution in [3.63, 3.8) is 0 Å². The van der Waals surface area contributed by atoms with Gasteiger partial charge in [-0.25, -0.2) is 0 Å². The number of carboxylic acid groups (broad SMARTS) is 1. The van der Waals surface area contributed by atoms with Gasteiger partial charge in [-0.2, -0.15) is 0 Å². The summed E-state index contributed by atoms with van der Waals surface area (Å²) in [6, 6.07) is 8.79. The Morgan fingerprint density at radius 1 is 1.26 bits per heavy atom. The first-order valence-electron chi connectivity index (χ1n) is 7.02. The van der Waals surface area contributed by atoms with E-state index in [-0.39, 0.29) is 6.42 Å². The lowest BCUT2D eigenvalue weighted by Gasteiger charge is -2.15. The van der Waals surface area contributed by atoms with Crippen molar-refractivity contribution in [3.8, 4) is 0 Å². The van der Waals surface area contributed by atoms with Crippen molar-refractivity contribution >= 4 is 5.97 Å². The lowest BCUT2D eigenvalue weighted by atomic mass is 9.97. The van der Waals surface area contributed by atoms with Gasteiger partial charge in [0.15, 0.2) is 0 Å². The van der Waals surface area contributed by atoms with Crippen LogP contribution in [0.25, 0.3) is 0 Å². The first kappa shape index (κ1) is 15.7. The van der Waals surface area contributed by atoms with Crippen LogP contribution in [0.15, 0.2) is 24.3 Å². The predicted molar refractivity (Wildman–Crippen MR) is 78.6 cm³/mol. The summed E-state index contributed by atoms with van der Waals surface area (Å²) in [6.07, 6.45) is 2.34. The lowest BCUT2D eigenvalue weighted by Crippen LogP contribution is -2.24. The Labute approximate surface area is 116 Å². The highest BCUT2D eigenvalue weighted by atomic mass is 16.4. The van der Waals surface area contributed by atoms with Gasteiger partial charge in [-0.15, -0.1) is 0 Å². The van der Waals surface area contributed by atoms with Gasteiger partial charge >= 0.3 is 5.97 Å². The minimum absolute atomic E-state index is 0.212. The van der Waals surface area contributed by atoms with Crippen LogP contribution in [0.1, 0.15) is 43.7 Å². The van der Waals surface area contributed by atoms with Crippen LogP contribution in [0.4, 0.5) is 0 Å². The topological polar surface area (TPSA) is 40.5 Å². The fourth-order valence-corrected chi connectivity index (χ4v) is 1.97. The Bertz CT molecular complexity index is 386. The van der Waals surface area contributed by atoms with Crippen molar-refractivity contribution in [2.75, 3.05) is 20.1 Å². The molecule has 3 nitrogen and oxygen atoms in total. The SMILES string of the molecule is CCC(C)c1ccc(CCN(C)CCC(=O)O)cc1. The van der Waals surface area contributed by atoms with Gasteiger partial charge in [-0.05, 0) is 36.9 Å². The molecule has 1 rings (SSSR count). The first-order chi connectivity index (χ1) is 9.02. The summed E-state index contributed by atoms with van der Waals surface area (Å²) in [4.78, 5) is 12.5. The van der Waals surface area contributed by atoms with Crippen molar-refractivity contribution in [2.45, 2.75) is 39.0 Å². The molecule has 0 spiro atoms. The minimum atomic E-state index is -0.732. The van der Waals surface area contributed by atoms with Gasteiger partial charge in [0.1, 0.15) is 0 Å². The minimum Gasteiger partial charge on any atom is -0.481 e. The second-order valence-electron chi connectivity index (χ2n) is 5.25. The van der Waals surface area contributed by atoms with Gasteiger partial charge in [0.25, 0.3) is 0 Å². The van der Waals surface area contributed by atoms with Crippen molar-refractivity contribution < 1.29 is 9.90 Å². The van der Waals surface area contributed by atoms with E-state index in [4.69, 9.17) is 5.11 Å². The quantitative estimate of drug-likeness (QED) is 0.783. The summed E-state index contributed by atoms with van der Waals surface area (Å²) in [7, 11) is 1.97. The Hall–Kier alpha value is -1.35. The highest BCUT2D eigenvalue weighted by molar-refractivity contribution is 5.66. The summed E-state index contributed by atoms with van der Waals surface area (Å²) in [5.74, 6) is -0.114. The molecule has 0 bridgehead atoms. The van der Waals surface area contributed by atoms with Crippen molar-refractivity contribution in [1.29, 1.82) is 0 Å². The van der Waals surface area contributed by atoms with Gasteiger partial charge in [-0.1, -0.05) is 38.1 Å². The van der Waals surface area contributed by atoms with E-state index >= 15 is 0 Å². The van der Waals surface area contributed by atoms with Crippen LogP contribution in [0.3, 0.4) is 0 Å². The monoisotopic (exact) mass is 263 g/mol. The number of hydrogen-bond donors (Lipinski definition) is 1. The van der Waals surface area contributed by atoms with Crippen molar-refractivity contribution in [2.24, 2.45) is 0 Å². The van der Waals surface area contributed by atoms with Gasteiger partial charge in [0.05, 0.1) is 6.42 Å². The molecule has 3 heteroatoms. The van der Waals surface area contributed by atoms with Crippen LogP contribution in [0.2, 0.25) is 0 Å². The zero-order valence-corrected chi connectivity index (χ0v) is 12.2. The molecule has 0 amide bonds. The van der Waals surface area contributed by atoms with E-state index in [9.17, 15) is 4.79 Å². The second-order valence-corrected chi connectivity index (χ2v) is 5.25. The maximum atomic E-state index is 10.5. The number of carbonyl (C=O) groups is 1. The van der Waals surface area contributed by atoms with E-state index in [1.807, 2.05) is 7.05 Å². The van der Waals surface area contributed by atoms with E-state index < -0.39 is 5.97 Å². The molecule has 0 aliphatic heterocycles. The number of nitrogens with zero attached hydrogens (tertiary/aromatic N) is 1. The molecule has 0 saturated heterocycles. The van der Waals surface area contributed by atoms with E-state index in [1.54, 1.807) is 0 Å². The van der Waals surface area contributed by atoms with Crippen LogP contribution in [-0.2, 0) is 11.2 Å². The molecule has 0 aromatic heterocycles. The van der Waals surface area contributed by atoms with E-state index in [2.05, 4.69) is 43.0 Å². The summed E-state index contributed by atoms with van der Waals surface area (Å²) in [6.45, 7) is 5.96. The van der Waals surface area contributed by atoms with Gasteiger partial charge in [0, 0.05) is 13.1 Å². The van der Waals surface area contributed by atoms with E-state index in [1.165, 1.54) is 11.1 Å². The standard InChI is InChI=1S/C16H25NO2/c1-4-13(2)15-7-5-14(6-8-15)9-11-17(3)12-10-16(18)19/h5-8,13H,4,9-12H2,1-3H3,(H,18,19). The number of benzene rings is 1. The molecule has 0 radical (unpaired) electrons. The van der Waals surface area contributed by atoms with E-state index in [0.717, 1.165) is 19.4 Å². The predicted octanol–water partition coefficient (Wildman–Crippen LogP) is 3.15. The normalized spacial score (nSPS) is 12.6. The zero-order chi connectivity index (χ0) is 14.3. The Balaban J connectivity index is 2.39. The molecular formula is C16H25NO2. The third-order valence-corrected chi connectivity index (χ3v) is 3.65. The first-order valence-corrected chi connectivity index (χ1v) is 7.02. The summed E-state index contributed by atoms with van der Waals surface area (Å²) in [5.41, 5.74) is 2.71. The largest absolute Gasteiger partial charge is 0.481 e. The molecule has 0 aliphatic carbocycles. The van der Waals surface area contributed by atoms with Crippen molar-refractivity contribution in [3.05, 3.63) is 35.4 Å². The molecule has 106 valence electrons. The molecule has 1 aromatic rings. The van der Waals surface area contributed by atoms with Crippen molar-refractivity contribution in [1.82, 2.24) is 4.90 Å². The molecule has 0 saturated carbocycles. The van der Waals surface area contributed by atoms with Crippen LogP contribution in [-0.4, -0.2) is 36.1 Å². The molecule has 1 unspecified atom stereocenters. The number of hydrogen-bond acceptors (Lipinski definition) is 2. The zero-order valence-electron chi connectivity index (χ0n) is 12.2. The summed E-state index contributed by atoms with van der Waals surface area (Å²) >= 11 is 0. The molecule has 1 N–H and O–H groups in total. The van der Waals surface area contributed by atoms with Gasteiger partial charge < -0.3 is 10.0 Å². The maximum absolute atomic E-state index is 10.5. The van der Waals surface area contributed by atoms with E-state index in [0.29, 0.717) is 12.5 Å². The fourth-order valence-electron chi connectivity index (χ4n) is 1.97. The Kier molecular flexibility index (Phi) is 6.57. The number of likely N-dealkylation sites (N-methyl/N-ethyl adjacent to an activating group) is 1. The third kappa shape index (κ3) is 5.88. The number of aliphatic carboxylic acids is 1. The molecule has 1 atom stereocenters. The summed E-state index contributed by atoms with van der Waals surface area (Å²) in [5, 5.41) is 8.63. The number of carboxylic acids is 1. The molecule has 0 fully saturated rings. The average Bonchev–Trinajstić information content (AvgIpc) is 2.42. The molecule has 19 heavy (non-hydrogen) atoms. The average molecular weight is 263 g/mol. The third-order valence-electron chi connectivity index (χ3n) is 3.65. The lowest BCUT2D eigenvalue weighted by molar-refractivity contribution is -0.137. The van der Waals surface area contributed by atoms with Gasteiger partial charge in [0.2, 0.25) is 0 Å². The fraction of sp³-hybridized carbons (Fsp3) is 0.562. The molecule has 0 heterocycles. The Morgan fingerprint density at radius 2 is 1.89 bits per heavy atom. The smallest absolute Gasteiger partial charge is 0.304 e. The van der Waals surface area contributed by atoms with Crippen LogP contribution < -0.4 is 0 Å². The summed E-state index contributed by atoms with van der Waals surface area (Å²) < 4.78 is 0. The molecular weight excluding hydrogens is 238 g/mol. The van der Waals surface area contributed by atoms with Crippen LogP contribution in [0.5, 0.6) is 0 Å². The maximum Gasteiger partial charge on any atom is 0.304 e. The number of rotatable bonds is 8. The molecule has 1 aromatic carbocycles. The highest BCUT2D eigenvalue weighted by Crippen LogP contribution is 2.18. The van der Waals surface area contributed by atoms with Crippen LogP contribution >= 0.6 is 0 Å². The molecule has 0 aliphatic rings. The van der Waals surface area contributed by atoms with Crippen LogP contribution in [0, 0.1) is 0 Å².